The number of aliphatic hydroxyl groups excluding tert-OH is 1. The SMILES string of the molecule is CC(=O)OCC12C(O)CC(OC(C)=O)CC1(O)CCC1C2C(OC(C)=O)CC2(C)C(C(=O)O)CCC12O. The minimum absolute atomic E-state index is 0.000784. The molecule has 4 fully saturated rings. The first-order chi connectivity index (χ1) is 17.1. The van der Waals surface area contributed by atoms with Gasteiger partial charge in [-0.2, -0.15) is 0 Å². The highest BCUT2D eigenvalue weighted by Gasteiger charge is 2.77. The van der Waals surface area contributed by atoms with Crippen LogP contribution in [0.1, 0.15) is 72.6 Å². The van der Waals surface area contributed by atoms with Gasteiger partial charge >= 0.3 is 23.9 Å². The zero-order valence-electron chi connectivity index (χ0n) is 21.8. The van der Waals surface area contributed by atoms with Crippen molar-refractivity contribution in [2.45, 2.75) is 102 Å². The molecule has 0 aliphatic heterocycles. The summed E-state index contributed by atoms with van der Waals surface area (Å²) in [6, 6.07) is 0. The lowest BCUT2D eigenvalue weighted by atomic mass is 9.40. The largest absolute Gasteiger partial charge is 0.481 e. The molecule has 0 saturated heterocycles. The number of rotatable bonds is 5. The van der Waals surface area contributed by atoms with Crippen molar-refractivity contribution in [3.63, 3.8) is 0 Å². The first kappa shape index (κ1) is 27.8. The average molecular weight is 527 g/mol. The van der Waals surface area contributed by atoms with E-state index in [4.69, 9.17) is 14.2 Å². The second-order valence-electron chi connectivity index (χ2n) is 11.8. The van der Waals surface area contributed by atoms with Crippen molar-refractivity contribution in [2.75, 3.05) is 6.61 Å². The summed E-state index contributed by atoms with van der Waals surface area (Å²) >= 11 is 0. The normalized spacial score (nSPS) is 46.6. The van der Waals surface area contributed by atoms with Crippen LogP contribution in [-0.2, 0) is 33.4 Å². The fraction of sp³-hybridized carbons (Fsp3) is 0.846. The molecule has 4 rings (SSSR count). The van der Waals surface area contributed by atoms with E-state index in [9.17, 15) is 39.6 Å². The van der Waals surface area contributed by atoms with Gasteiger partial charge in [-0.3, -0.25) is 19.2 Å². The molecule has 11 heteroatoms. The molecule has 10 atom stereocenters. The van der Waals surface area contributed by atoms with Crippen molar-refractivity contribution >= 4 is 23.9 Å². The summed E-state index contributed by atoms with van der Waals surface area (Å²) in [4.78, 5) is 48.1. The van der Waals surface area contributed by atoms with E-state index in [2.05, 4.69) is 0 Å². The number of fused-ring (bicyclic) bond motifs is 5. The molecule has 0 aromatic rings. The molecule has 11 nitrogen and oxygen atoms in total. The summed E-state index contributed by atoms with van der Waals surface area (Å²) in [6.07, 6.45) is -2.42. The average Bonchev–Trinajstić information content (AvgIpc) is 3.02. The van der Waals surface area contributed by atoms with Crippen molar-refractivity contribution in [2.24, 2.45) is 28.6 Å². The van der Waals surface area contributed by atoms with Crippen LogP contribution in [0.4, 0.5) is 0 Å². The predicted octanol–water partition coefficient (Wildman–Crippen LogP) is 0.947. The number of esters is 3. The van der Waals surface area contributed by atoms with Gasteiger partial charge in [-0.15, -0.1) is 0 Å². The van der Waals surface area contributed by atoms with Crippen molar-refractivity contribution < 1.29 is 53.8 Å². The molecule has 4 aliphatic rings. The van der Waals surface area contributed by atoms with E-state index in [0.717, 1.165) is 0 Å². The summed E-state index contributed by atoms with van der Waals surface area (Å²) < 4.78 is 16.6. The monoisotopic (exact) mass is 526 g/mol. The number of carbonyl (C=O) groups is 4. The smallest absolute Gasteiger partial charge is 0.307 e. The van der Waals surface area contributed by atoms with E-state index in [-0.39, 0.29) is 44.9 Å². The fourth-order valence-electron chi connectivity index (χ4n) is 8.69. The highest BCUT2D eigenvalue weighted by Crippen LogP contribution is 2.70. The third-order valence-electron chi connectivity index (χ3n) is 10.1. The van der Waals surface area contributed by atoms with Crippen molar-refractivity contribution in [3.05, 3.63) is 0 Å². The summed E-state index contributed by atoms with van der Waals surface area (Å²) in [5, 5.41) is 46.0. The lowest BCUT2D eigenvalue weighted by molar-refractivity contribution is -0.319. The van der Waals surface area contributed by atoms with Gasteiger partial charge in [0.15, 0.2) is 0 Å². The minimum Gasteiger partial charge on any atom is -0.481 e. The topological polar surface area (TPSA) is 177 Å². The Hall–Kier alpha value is -2.24. The third kappa shape index (κ3) is 4.04. The van der Waals surface area contributed by atoms with Crippen LogP contribution in [-0.4, -0.2) is 80.4 Å². The molecular weight excluding hydrogens is 488 g/mol. The Morgan fingerprint density at radius 3 is 2.14 bits per heavy atom. The highest BCUT2D eigenvalue weighted by molar-refractivity contribution is 5.72. The maximum absolute atomic E-state index is 12.3. The molecule has 10 unspecified atom stereocenters. The Labute approximate surface area is 215 Å². The summed E-state index contributed by atoms with van der Waals surface area (Å²) in [7, 11) is 0. The van der Waals surface area contributed by atoms with Crippen LogP contribution >= 0.6 is 0 Å². The number of carbonyl (C=O) groups excluding carboxylic acids is 3. The van der Waals surface area contributed by atoms with Crippen LogP contribution in [0.2, 0.25) is 0 Å². The van der Waals surface area contributed by atoms with Gasteiger partial charge in [0.05, 0.1) is 28.6 Å². The first-order valence-corrected chi connectivity index (χ1v) is 12.9. The van der Waals surface area contributed by atoms with Gasteiger partial charge in [-0.25, -0.2) is 0 Å². The Morgan fingerprint density at radius 1 is 0.919 bits per heavy atom. The molecule has 0 amide bonds. The minimum atomic E-state index is -1.69. The second kappa shape index (κ2) is 9.20. The van der Waals surface area contributed by atoms with E-state index >= 15 is 0 Å². The summed E-state index contributed by atoms with van der Waals surface area (Å²) in [5.41, 5.74) is -5.85. The number of aliphatic hydroxyl groups is 3. The summed E-state index contributed by atoms with van der Waals surface area (Å²) in [6.45, 7) is 4.97. The van der Waals surface area contributed by atoms with Crippen molar-refractivity contribution in [1.82, 2.24) is 0 Å². The van der Waals surface area contributed by atoms with E-state index < -0.39 is 88.6 Å². The zero-order valence-corrected chi connectivity index (χ0v) is 21.8. The number of aliphatic carboxylic acids is 1. The van der Waals surface area contributed by atoms with E-state index in [1.165, 1.54) is 20.8 Å². The molecular formula is C26H38O11. The van der Waals surface area contributed by atoms with Crippen LogP contribution in [0.3, 0.4) is 0 Å². The maximum atomic E-state index is 12.3. The number of hydrogen-bond acceptors (Lipinski definition) is 10. The van der Waals surface area contributed by atoms with Crippen molar-refractivity contribution in [3.8, 4) is 0 Å². The van der Waals surface area contributed by atoms with E-state index in [1.54, 1.807) is 6.92 Å². The zero-order chi connectivity index (χ0) is 27.6. The summed E-state index contributed by atoms with van der Waals surface area (Å²) in [5.74, 6) is -5.24. The number of hydrogen-bond donors (Lipinski definition) is 4. The molecule has 208 valence electrons. The second-order valence-corrected chi connectivity index (χ2v) is 11.8. The lowest BCUT2D eigenvalue weighted by Crippen LogP contribution is -2.76. The molecule has 4 aliphatic carbocycles. The third-order valence-corrected chi connectivity index (χ3v) is 10.1. The first-order valence-electron chi connectivity index (χ1n) is 12.9. The van der Waals surface area contributed by atoms with Gasteiger partial charge in [-0.05, 0) is 38.0 Å². The van der Waals surface area contributed by atoms with Gasteiger partial charge in [-0.1, -0.05) is 6.92 Å². The van der Waals surface area contributed by atoms with E-state index in [1.807, 2.05) is 0 Å². The Kier molecular flexibility index (Phi) is 6.91. The van der Waals surface area contributed by atoms with Gasteiger partial charge in [0, 0.05) is 44.9 Å². The van der Waals surface area contributed by atoms with Crippen LogP contribution in [0.15, 0.2) is 0 Å². The Balaban J connectivity index is 1.88. The molecule has 4 saturated carbocycles. The van der Waals surface area contributed by atoms with Gasteiger partial charge < -0.3 is 34.6 Å². The van der Waals surface area contributed by atoms with Crippen LogP contribution < -0.4 is 0 Å². The molecule has 0 heterocycles. The lowest BCUT2D eigenvalue weighted by Gasteiger charge is -2.68. The number of carboxylic acids is 1. The standard InChI is InChI=1S/C26H38O11/c1-13(27)35-12-25-20(30)9-16(36-14(2)28)10-24(25,33)7-5-17-21(25)19(37-15(3)29)11-23(4)18(22(31)32)6-8-26(17,23)34/h16-21,30,33-34H,5-12H2,1-4H3,(H,31,32). The molecule has 0 aromatic carbocycles. The van der Waals surface area contributed by atoms with Crippen LogP contribution in [0.5, 0.6) is 0 Å². The number of ether oxygens (including phenoxy) is 3. The fourth-order valence-corrected chi connectivity index (χ4v) is 8.69. The molecule has 4 N–H and O–H groups in total. The quantitative estimate of drug-likeness (QED) is 0.296. The highest BCUT2D eigenvalue weighted by atomic mass is 16.6. The van der Waals surface area contributed by atoms with Gasteiger partial charge in [0.2, 0.25) is 0 Å². The number of carboxylic acid groups (broad SMARTS) is 1. The predicted molar refractivity (Wildman–Crippen MR) is 125 cm³/mol. The molecule has 37 heavy (non-hydrogen) atoms. The maximum Gasteiger partial charge on any atom is 0.307 e. The molecule has 0 aromatic heterocycles. The Morgan fingerprint density at radius 2 is 1.57 bits per heavy atom. The van der Waals surface area contributed by atoms with Crippen LogP contribution in [0, 0.1) is 28.6 Å². The molecule has 0 radical (unpaired) electrons. The van der Waals surface area contributed by atoms with E-state index in [0.29, 0.717) is 0 Å². The van der Waals surface area contributed by atoms with Gasteiger partial charge in [0.1, 0.15) is 18.8 Å². The molecule has 0 spiro atoms. The Bertz CT molecular complexity index is 982. The molecule has 0 bridgehead atoms. The van der Waals surface area contributed by atoms with Crippen LogP contribution in [0.25, 0.3) is 0 Å². The van der Waals surface area contributed by atoms with Crippen molar-refractivity contribution in [1.29, 1.82) is 0 Å². The van der Waals surface area contributed by atoms with Gasteiger partial charge in [0.25, 0.3) is 0 Å².